The lowest BCUT2D eigenvalue weighted by Crippen LogP contribution is -2.59. The van der Waals surface area contributed by atoms with Crippen molar-refractivity contribution < 1.29 is 161 Å². The van der Waals surface area contributed by atoms with Gasteiger partial charge in [0.2, 0.25) is 47.3 Å². The van der Waals surface area contributed by atoms with Gasteiger partial charge in [-0.3, -0.25) is 42.9 Å². The molecule has 11 unspecified atom stereocenters. The van der Waals surface area contributed by atoms with Crippen molar-refractivity contribution in [2.24, 2.45) is 0 Å². The van der Waals surface area contributed by atoms with Gasteiger partial charge in [-0.15, -0.1) is 0 Å². The van der Waals surface area contributed by atoms with Crippen LogP contribution in [0.15, 0.2) is 0 Å². The van der Waals surface area contributed by atoms with Crippen molar-refractivity contribution in [2.45, 2.75) is 284 Å². The first-order valence-electron chi connectivity index (χ1n) is 40.1. The van der Waals surface area contributed by atoms with E-state index in [4.69, 9.17) is 47.2 Å². The zero-order chi connectivity index (χ0) is 83.9. The van der Waals surface area contributed by atoms with E-state index in [1.165, 1.54) is 11.8 Å². The predicted octanol–water partition coefficient (Wildman–Crippen LogP) is -5.11. The number of hydrogen-bond donors (Lipinski definition) is 21. The van der Waals surface area contributed by atoms with E-state index >= 15 is 0 Å². The van der Waals surface area contributed by atoms with Gasteiger partial charge in [-0.05, 0) is 77.0 Å². The third kappa shape index (κ3) is 39.7. The summed E-state index contributed by atoms with van der Waals surface area (Å²) in [7, 11) is -3.77. The maximum absolute atomic E-state index is 13.9. The molecule has 41 nitrogen and oxygen atoms in total. The Kier molecular flexibility index (Phi) is 50.9. The minimum atomic E-state index is -3.77. The molecule has 4 aliphatic heterocycles. The smallest absolute Gasteiger partial charge is 0.327 e. The number of likely N-dealkylation sites (tertiary alicyclic amines) is 1. The molecule has 0 bridgehead atoms. The van der Waals surface area contributed by atoms with Crippen molar-refractivity contribution in [1.82, 2.24) is 42.1 Å². The highest BCUT2D eigenvalue weighted by atomic mass is 31.2. The first kappa shape index (κ1) is 101. The summed E-state index contributed by atoms with van der Waals surface area (Å²) in [6.07, 6.45) is -12.9. The van der Waals surface area contributed by atoms with E-state index in [1.54, 1.807) is 0 Å². The maximum Gasteiger partial charge on any atom is 0.327 e. The van der Waals surface area contributed by atoms with Gasteiger partial charge in [0.25, 0.3) is 5.91 Å². The van der Waals surface area contributed by atoms with Crippen LogP contribution in [-0.2, 0) is 90.1 Å². The van der Waals surface area contributed by atoms with E-state index in [1.807, 2.05) is 0 Å². The van der Waals surface area contributed by atoms with E-state index < -0.39 is 168 Å². The molecule has 4 heterocycles. The number of aliphatic hydroxyl groups is 13. The Morgan fingerprint density at radius 1 is 0.404 bits per heavy atom. The second-order valence-electron chi connectivity index (χ2n) is 28.7. The predicted molar refractivity (Wildman–Crippen MR) is 399 cm³/mol. The Bertz CT molecular complexity index is 2710. The topological polar surface area (TPSA) is 617 Å². The molecule has 4 rings (SSSR count). The Hall–Kier alpha value is -4.97. The molecule has 0 saturated carbocycles. The van der Waals surface area contributed by atoms with Crippen LogP contribution in [0.25, 0.3) is 0 Å². The Balaban J connectivity index is 1.29. The zero-order valence-corrected chi connectivity index (χ0v) is 66.4. The average Bonchev–Trinajstić information content (AvgIpc) is 1.14. The van der Waals surface area contributed by atoms with Crippen LogP contribution in [0.4, 0.5) is 0 Å². The average molecular weight is 1670 g/mol. The number of nitrogens with one attached hydrogen (secondary N) is 7. The van der Waals surface area contributed by atoms with Crippen LogP contribution in [0.1, 0.15) is 174 Å². The second-order valence-corrected chi connectivity index (χ2v) is 30.9. The summed E-state index contributed by atoms with van der Waals surface area (Å²) in [6, 6.07) is -0.496. The number of amides is 8. The van der Waals surface area contributed by atoms with Crippen molar-refractivity contribution in [1.29, 1.82) is 0 Å². The van der Waals surface area contributed by atoms with Gasteiger partial charge in [0.1, 0.15) is 79.9 Å². The van der Waals surface area contributed by atoms with Gasteiger partial charge in [0.15, 0.2) is 18.9 Å². The number of carbonyl (C=O) groups is 8. The number of β-amino-alcohol motifs (C(OH)–C–C–N with tert-alkyl or cyclic N) is 1. The third-order valence-electron chi connectivity index (χ3n) is 19.3. The molecule has 4 aliphatic rings. The molecule has 42 heteroatoms. The van der Waals surface area contributed by atoms with Crippen molar-refractivity contribution in [2.75, 3.05) is 125 Å². The molecule has 662 valence electrons. The molecule has 8 amide bonds. The molecule has 21 N–H and O–H groups in total. The lowest BCUT2D eigenvalue weighted by molar-refractivity contribution is -0.301. The lowest BCUT2D eigenvalue weighted by Gasteiger charge is -2.39. The molecule has 4 saturated heterocycles. The van der Waals surface area contributed by atoms with Crippen LogP contribution in [0.3, 0.4) is 0 Å². The standard InChI is InChI=1S/C72H131N8O33P/c1-2-114(102,103)110-45-47-40-48(84)41-80(47)59(92)24-10-8-6-4-3-5-7-9-23-58(91)79-72(108-38-26-56(89)77-32-18-29-74-53(86)21-12-15-35-106-70-67(100)64(97)61(94)50(43-82)112-70,109-39-27-57(90)78-33-19-30-75-54(87)22-13-16-36-107-71-68(101)65(98)62(95)51(44-83)113-71)46-104-37-25-55(88)76-31-17-28-73-52(85)20-11-14-34-105-69-66(99)63(96)60(93)49(42-81)111-69/h47-51,60-71,81-84,93-101H,2-46H2,1H3,(H,73,85)(H,74,86)(H,75,87)(H,76,88)(H,77,89)(H,78,90)(H,79,91)(H,102,103)/t47?,48-,49?,50?,51?,60+,61+,62+,63?,64?,65?,66?,67?,68?,69-,70-,71-,72?/m1/s1. The monoisotopic (exact) mass is 1670 g/mol. The Labute approximate surface area is 664 Å². The van der Waals surface area contributed by atoms with Crippen LogP contribution < -0.4 is 37.2 Å². The van der Waals surface area contributed by atoms with Crippen molar-refractivity contribution in [3.8, 4) is 0 Å². The van der Waals surface area contributed by atoms with Gasteiger partial charge >= 0.3 is 7.60 Å². The second kappa shape index (κ2) is 57.2. The summed E-state index contributed by atoms with van der Waals surface area (Å²) < 4.78 is 68.0. The molecule has 0 radical (unpaired) electrons. The van der Waals surface area contributed by atoms with E-state index in [0.717, 1.165) is 32.1 Å². The fraction of sp³-hybridized carbons (Fsp3) is 0.889. The maximum atomic E-state index is 13.9. The number of ether oxygens (including phenoxy) is 9. The van der Waals surface area contributed by atoms with E-state index in [2.05, 4.69) is 37.2 Å². The highest BCUT2D eigenvalue weighted by Gasteiger charge is 2.47. The molecule has 4 fully saturated rings. The molecule has 114 heavy (non-hydrogen) atoms. The van der Waals surface area contributed by atoms with E-state index in [0.29, 0.717) is 77.0 Å². The molecule has 0 spiro atoms. The van der Waals surface area contributed by atoms with Gasteiger partial charge in [-0.25, -0.2) is 0 Å². The van der Waals surface area contributed by atoms with E-state index in [-0.39, 0.29) is 180 Å². The highest BCUT2D eigenvalue weighted by Crippen LogP contribution is 2.42. The number of carbonyl (C=O) groups excluding carboxylic acids is 8. The first-order chi connectivity index (χ1) is 54.6. The van der Waals surface area contributed by atoms with Gasteiger partial charge in [0.05, 0.1) is 71.2 Å². The number of hydrogen-bond acceptors (Lipinski definition) is 32. The number of nitrogens with zero attached hydrogens (tertiary/aromatic N) is 1. The Morgan fingerprint density at radius 2 is 0.728 bits per heavy atom. The summed E-state index contributed by atoms with van der Waals surface area (Å²) in [5.41, 5.74) is 0. The van der Waals surface area contributed by atoms with Crippen LogP contribution in [0, 0.1) is 0 Å². The number of aliphatic hydroxyl groups excluding tert-OH is 13. The van der Waals surface area contributed by atoms with Crippen LogP contribution in [0.5, 0.6) is 0 Å². The number of unbranched alkanes of at least 4 members (excludes halogenated alkanes) is 10. The molecule has 0 aromatic heterocycles. The third-order valence-corrected chi connectivity index (χ3v) is 20.7. The normalized spacial score (nSPS) is 26.7. The SMILES string of the molecule is CCP(=O)(O)OCC1C[C@@H](O)CN1C(=O)CCCCCCCCCCC(=O)NC(COCCC(=O)NCCCNC(=O)CCCCO[C@@H]1OC(CO)[C@H](O)C(O)C1O)(OCCC(=O)NCCCNC(=O)CCCCO[C@@H]1OC(CO)[C@H](O)C(O)C1O)OCCC(=O)NCCCNC(=O)CCCCO[C@@H]1OC(CO)[C@H](O)C(O)C1O. The molecule has 0 aliphatic carbocycles. The lowest BCUT2D eigenvalue weighted by atomic mass is 9.99. The summed E-state index contributed by atoms with van der Waals surface area (Å²) >= 11 is 0. The summed E-state index contributed by atoms with van der Waals surface area (Å²) in [5.74, 6) is -5.04. The van der Waals surface area contributed by atoms with Crippen molar-refractivity contribution in [3.63, 3.8) is 0 Å². The van der Waals surface area contributed by atoms with E-state index in [9.17, 15) is 114 Å². The van der Waals surface area contributed by atoms with Crippen molar-refractivity contribution >= 4 is 54.9 Å². The van der Waals surface area contributed by atoms with Crippen LogP contribution in [-0.4, -0.2) is 358 Å². The van der Waals surface area contributed by atoms with Crippen LogP contribution in [0.2, 0.25) is 0 Å². The summed E-state index contributed by atoms with van der Waals surface area (Å²) in [5, 5.41) is 148. The fourth-order valence-corrected chi connectivity index (χ4v) is 13.0. The Morgan fingerprint density at radius 3 is 1.09 bits per heavy atom. The summed E-state index contributed by atoms with van der Waals surface area (Å²) in [6.45, 7) is -0.597. The number of rotatable bonds is 62. The highest BCUT2D eigenvalue weighted by molar-refractivity contribution is 7.52. The van der Waals surface area contributed by atoms with Gasteiger partial charge < -0.3 is 161 Å². The molecular weight excluding hydrogens is 1540 g/mol. The molecule has 18 atom stereocenters. The fourth-order valence-electron chi connectivity index (χ4n) is 12.5. The minimum absolute atomic E-state index is 0.0115. The van der Waals surface area contributed by atoms with Gasteiger partial charge in [-0.2, -0.15) is 0 Å². The molecule has 0 aromatic carbocycles. The largest absolute Gasteiger partial charge is 0.394 e. The minimum Gasteiger partial charge on any atom is -0.394 e. The molecule has 0 aromatic rings. The molecular formula is C72H131N8O33P. The van der Waals surface area contributed by atoms with Crippen LogP contribution >= 0.6 is 7.60 Å². The van der Waals surface area contributed by atoms with Crippen molar-refractivity contribution in [3.05, 3.63) is 0 Å². The zero-order valence-electron chi connectivity index (χ0n) is 65.5. The van der Waals surface area contributed by atoms with Gasteiger partial charge in [-0.1, -0.05) is 45.4 Å². The van der Waals surface area contributed by atoms with Gasteiger partial charge in [0, 0.05) is 110 Å². The summed E-state index contributed by atoms with van der Waals surface area (Å²) in [4.78, 5) is 116. The quantitative estimate of drug-likeness (QED) is 0.0154. The first-order valence-corrected chi connectivity index (χ1v) is 41.8.